The SMILES string of the molecule is COc1ccc(-c2cc(C(=O)NCCCN3CCOCC3)c(C)n2-c2ccccc2Cl)cc1. The summed E-state index contributed by atoms with van der Waals surface area (Å²) in [7, 11) is 1.65. The molecule has 1 aliphatic rings. The third-order valence-corrected chi connectivity index (χ3v) is 6.33. The highest BCUT2D eigenvalue weighted by molar-refractivity contribution is 6.32. The number of carbonyl (C=O) groups is 1. The van der Waals surface area contributed by atoms with Crippen molar-refractivity contribution in [2.24, 2.45) is 0 Å². The van der Waals surface area contributed by atoms with Crippen LogP contribution in [0, 0.1) is 6.92 Å². The Bertz CT molecular complexity index is 1090. The van der Waals surface area contributed by atoms with Gasteiger partial charge in [-0.15, -0.1) is 0 Å². The van der Waals surface area contributed by atoms with Crippen LogP contribution in [-0.4, -0.2) is 61.9 Å². The summed E-state index contributed by atoms with van der Waals surface area (Å²) < 4.78 is 12.7. The number of hydrogen-bond donors (Lipinski definition) is 1. The lowest BCUT2D eigenvalue weighted by Crippen LogP contribution is -2.38. The van der Waals surface area contributed by atoms with Crippen molar-refractivity contribution < 1.29 is 14.3 Å². The molecule has 1 amide bonds. The van der Waals surface area contributed by atoms with Crippen molar-refractivity contribution in [3.05, 3.63) is 70.9 Å². The Morgan fingerprint density at radius 1 is 1.12 bits per heavy atom. The van der Waals surface area contributed by atoms with E-state index in [2.05, 4.69) is 10.2 Å². The summed E-state index contributed by atoms with van der Waals surface area (Å²) in [6, 6.07) is 17.4. The van der Waals surface area contributed by atoms with Crippen molar-refractivity contribution >= 4 is 17.5 Å². The quantitative estimate of drug-likeness (QED) is 0.493. The van der Waals surface area contributed by atoms with Crippen LogP contribution < -0.4 is 10.1 Å². The predicted molar refractivity (Wildman–Crippen MR) is 132 cm³/mol. The van der Waals surface area contributed by atoms with Gasteiger partial charge in [0.2, 0.25) is 0 Å². The van der Waals surface area contributed by atoms with Crippen molar-refractivity contribution in [3.63, 3.8) is 0 Å². The molecule has 0 atom stereocenters. The van der Waals surface area contributed by atoms with E-state index < -0.39 is 0 Å². The Hall–Kier alpha value is -2.80. The molecule has 33 heavy (non-hydrogen) atoms. The normalized spacial score (nSPS) is 14.3. The minimum atomic E-state index is -0.0740. The van der Waals surface area contributed by atoms with Gasteiger partial charge in [0.25, 0.3) is 5.91 Å². The lowest BCUT2D eigenvalue weighted by Gasteiger charge is -2.26. The van der Waals surface area contributed by atoms with Gasteiger partial charge >= 0.3 is 0 Å². The molecular formula is C26H30ClN3O3. The summed E-state index contributed by atoms with van der Waals surface area (Å²) in [5.74, 6) is 0.708. The van der Waals surface area contributed by atoms with Crippen molar-refractivity contribution in [2.45, 2.75) is 13.3 Å². The number of para-hydroxylation sites is 1. The number of hydrogen-bond acceptors (Lipinski definition) is 4. The summed E-state index contributed by atoms with van der Waals surface area (Å²) in [5.41, 5.74) is 4.22. The molecule has 1 aliphatic heterocycles. The zero-order valence-corrected chi connectivity index (χ0v) is 19.9. The highest BCUT2D eigenvalue weighted by Gasteiger charge is 2.21. The fourth-order valence-electron chi connectivity index (χ4n) is 4.18. The number of aromatic nitrogens is 1. The number of amides is 1. The van der Waals surface area contributed by atoms with Crippen LogP contribution in [0.5, 0.6) is 5.75 Å². The van der Waals surface area contributed by atoms with Crippen LogP contribution in [0.2, 0.25) is 5.02 Å². The van der Waals surface area contributed by atoms with E-state index in [1.807, 2.05) is 66.1 Å². The molecule has 0 saturated carbocycles. The molecule has 1 fully saturated rings. The van der Waals surface area contributed by atoms with Gasteiger partial charge in [0.15, 0.2) is 0 Å². The number of rotatable bonds is 8. The Kier molecular flexibility index (Phi) is 7.70. The Balaban J connectivity index is 1.57. The van der Waals surface area contributed by atoms with E-state index in [-0.39, 0.29) is 5.91 Å². The molecule has 6 nitrogen and oxygen atoms in total. The molecule has 0 aliphatic carbocycles. The third-order valence-electron chi connectivity index (χ3n) is 6.01. The molecule has 2 heterocycles. The number of nitrogens with zero attached hydrogens (tertiary/aromatic N) is 2. The number of methoxy groups -OCH3 is 1. The minimum absolute atomic E-state index is 0.0740. The second kappa shape index (κ2) is 10.9. The maximum Gasteiger partial charge on any atom is 0.253 e. The molecule has 1 saturated heterocycles. The number of morpholine rings is 1. The first-order chi connectivity index (χ1) is 16.1. The molecule has 1 N–H and O–H groups in total. The standard InChI is InChI=1S/C26H30ClN3O3/c1-19-22(26(31)28-12-5-13-29-14-16-33-17-15-29)18-25(20-8-10-21(32-2)11-9-20)30(19)24-7-4-3-6-23(24)27/h3-4,6-11,18H,5,12-17H2,1-2H3,(H,28,31). The fourth-order valence-corrected chi connectivity index (χ4v) is 4.40. The van der Waals surface area contributed by atoms with E-state index in [9.17, 15) is 4.79 Å². The molecule has 3 aromatic rings. The maximum atomic E-state index is 13.1. The number of halogens is 1. The van der Waals surface area contributed by atoms with Crippen molar-refractivity contribution in [2.75, 3.05) is 46.5 Å². The Labute approximate surface area is 200 Å². The highest BCUT2D eigenvalue weighted by atomic mass is 35.5. The van der Waals surface area contributed by atoms with E-state index in [0.717, 1.165) is 67.7 Å². The van der Waals surface area contributed by atoms with Crippen molar-refractivity contribution in [1.29, 1.82) is 0 Å². The van der Waals surface area contributed by atoms with Gasteiger partial charge in [-0.1, -0.05) is 23.7 Å². The number of nitrogens with one attached hydrogen (secondary N) is 1. The van der Waals surface area contributed by atoms with E-state index >= 15 is 0 Å². The molecule has 1 aromatic heterocycles. The van der Waals surface area contributed by atoms with Crippen LogP contribution in [0.4, 0.5) is 0 Å². The molecule has 0 unspecified atom stereocenters. The third kappa shape index (κ3) is 5.41. The number of ether oxygens (including phenoxy) is 2. The summed E-state index contributed by atoms with van der Waals surface area (Å²) in [5, 5.41) is 3.72. The van der Waals surface area contributed by atoms with Crippen LogP contribution in [-0.2, 0) is 4.74 Å². The lowest BCUT2D eigenvalue weighted by atomic mass is 10.1. The van der Waals surface area contributed by atoms with E-state index in [1.165, 1.54) is 0 Å². The first-order valence-electron chi connectivity index (χ1n) is 11.3. The Morgan fingerprint density at radius 2 is 1.85 bits per heavy atom. The fraction of sp³-hybridized carbons (Fsp3) is 0.346. The van der Waals surface area contributed by atoms with Gasteiger partial charge in [-0.2, -0.15) is 0 Å². The zero-order valence-electron chi connectivity index (χ0n) is 19.1. The molecule has 0 spiro atoms. The average Bonchev–Trinajstić information content (AvgIpc) is 3.19. The van der Waals surface area contributed by atoms with Gasteiger partial charge in [0.1, 0.15) is 5.75 Å². The summed E-state index contributed by atoms with van der Waals surface area (Å²) in [4.78, 5) is 15.5. The van der Waals surface area contributed by atoms with Crippen LogP contribution in [0.25, 0.3) is 16.9 Å². The van der Waals surface area contributed by atoms with E-state index in [4.69, 9.17) is 21.1 Å². The first kappa shape index (κ1) is 23.4. The molecule has 0 radical (unpaired) electrons. The van der Waals surface area contributed by atoms with Gasteiger partial charge in [0.05, 0.1) is 42.3 Å². The summed E-state index contributed by atoms with van der Waals surface area (Å²) in [6.07, 6.45) is 0.904. The topological polar surface area (TPSA) is 55.7 Å². The number of carbonyl (C=O) groups excluding carboxylic acids is 1. The number of benzene rings is 2. The van der Waals surface area contributed by atoms with Gasteiger partial charge in [-0.25, -0.2) is 0 Å². The van der Waals surface area contributed by atoms with Gasteiger partial charge < -0.3 is 19.4 Å². The minimum Gasteiger partial charge on any atom is -0.497 e. The first-order valence-corrected chi connectivity index (χ1v) is 11.7. The molecule has 174 valence electrons. The second-order valence-corrected chi connectivity index (χ2v) is 8.51. The van der Waals surface area contributed by atoms with E-state index in [0.29, 0.717) is 17.1 Å². The van der Waals surface area contributed by atoms with Gasteiger partial charge in [-0.3, -0.25) is 9.69 Å². The Morgan fingerprint density at radius 3 is 2.55 bits per heavy atom. The van der Waals surface area contributed by atoms with Crippen LogP contribution >= 0.6 is 11.6 Å². The molecule has 2 aromatic carbocycles. The molecular weight excluding hydrogens is 438 g/mol. The van der Waals surface area contributed by atoms with Crippen LogP contribution in [0.1, 0.15) is 22.5 Å². The average molecular weight is 468 g/mol. The molecule has 7 heteroatoms. The smallest absolute Gasteiger partial charge is 0.253 e. The summed E-state index contributed by atoms with van der Waals surface area (Å²) in [6.45, 7) is 7.03. The molecule has 4 rings (SSSR count). The van der Waals surface area contributed by atoms with Gasteiger partial charge in [-0.05, 0) is 67.9 Å². The second-order valence-electron chi connectivity index (χ2n) is 8.11. The largest absolute Gasteiger partial charge is 0.497 e. The monoisotopic (exact) mass is 467 g/mol. The van der Waals surface area contributed by atoms with Crippen LogP contribution in [0.3, 0.4) is 0 Å². The predicted octanol–water partition coefficient (Wildman–Crippen LogP) is 4.57. The van der Waals surface area contributed by atoms with Crippen molar-refractivity contribution in [3.8, 4) is 22.7 Å². The maximum absolute atomic E-state index is 13.1. The van der Waals surface area contributed by atoms with Crippen molar-refractivity contribution in [1.82, 2.24) is 14.8 Å². The lowest BCUT2D eigenvalue weighted by molar-refractivity contribution is 0.0374. The van der Waals surface area contributed by atoms with E-state index in [1.54, 1.807) is 7.11 Å². The highest BCUT2D eigenvalue weighted by Crippen LogP contribution is 2.33. The van der Waals surface area contributed by atoms with Crippen LogP contribution in [0.15, 0.2) is 54.6 Å². The van der Waals surface area contributed by atoms with Gasteiger partial charge in [0, 0.05) is 25.3 Å². The summed E-state index contributed by atoms with van der Waals surface area (Å²) >= 11 is 6.55. The molecule has 0 bridgehead atoms. The zero-order chi connectivity index (χ0) is 23.2.